The molecule has 2 aromatic rings. The van der Waals surface area contributed by atoms with Crippen LogP contribution < -0.4 is 5.32 Å². The molecule has 0 radical (unpaired) electrons. The van der Waals surface area contributed by atoms with Crippen molar-refractivity contribution in [3.8, 4) is 0 Å². The second-order valence-electron chi connectivity index (χ2n) is 4.79. The smallest absolute Gasteiger partial charge is 0.109 e. The first-order chi connectivity index (χ1) is 7.68. The molecule has 1 atom stereocenters. The molecule has 16 heavy (non-hydrogen) atoms. The Morgan fingerprint density at radius 1 is 0.875 bits per heavy atom. The average molecular weight is 214 g/mol. The quantitative estimate of drug-likeness (QED) is 0.809. The van der Waals surface area contributed by atoms with Gasteiger partial charge in [-0.15, -0.1) is 0 Å². The Balaban J connectivity index is 2.44. The second-order valence-corrected chi connectivity index (χ2v) is 4.79. The van der Waals surface area contributed by atoms with Crippen molar-refractivity contribution < 1.29 is 5.32 Å². The van der Waals surface area contributed by atoms with Crippen molar-refractivity contribution in [2.45, 2.75) is 32.9 Å². The maximum absolute atomic E-state index is 2.40. The number of hydrogen-bond acceptors (Lipinski definition) is 0. The summed E-state index contributed by atoms with van der Waals surface area (Å²) in [5, 5.41) is 5.13. The largest absolute Gasteiger partial charge is 0.338 e. The fraction of sp³-hybridized carbons (Fsp3) is 0.333. The van der Waals surface area contributed by atoms with Crippen LogP contribution in [0.4, 0.5) is 0 Å². The van der Waals surface area contributed by atoms with E-state index in [1.54, 1.807) is 0 Å². The molecule has 2 rings (SSSR count). The number of rotatable bonds is 3. The molecule has 2 aromatic carbocycles. The van der Waals surface area contributed by atoms with Crippen molar-refractivity contribution in [3.05, 3.63) is 48.0 Å². The van der Waals surface area contributed by atoms with Crippen molar-refractivity contribution in [1.29, 1.82) is 0 Å². The van der Waals surface area contributed by atoms with Crippen molar-refractivity contribution in [2.24, 2.45) is 0 Å². The summed E-state index contributed by atoms with van der Waals surface area (Å²) < 4.78 is 0. The zero-order valence-electron chi connectivity index (χ0n) is 10.3. The lowest BCUT2D eigenvalue weighted by atomic mass is 9.99. The topological polar surface area (TPSA) is 16.6 Å². The first-order valence-corrected chi connectivity index (χ1v) is 6.01. The maximum atomic E-state index is 2.40. The van der Waals surface area contributed by atoms with E-state index in [1.807, 2.05) is 0 Å². The van der Waals surface area contributed by atoms with Gasteiger partial charge in [0, 0.05) is 5.56 Å². The van der Waals surface area contributed by atoms with Gasteiger partial charge in [0.05, 0.1) is 6.04 Å². The third-order valence-corrected chi connectivity index (χ3v) is 2.99. The molecule has 0 heterocycles. The number of benzene rings is 2. The molecule has 1 unspecified atom stereocenters. The lowest BCUT2D eigenvalue weighted by Gasteiger charge is -2.15. The minimum absolute atomic E-state index is 0.520. The number of nitrogens with two attached hydrogens (primary N) is 1. The molecule has 0 aliphatic heterocycles. The van der Waals surface area contributed by atoms with Gasteiger partial charge in [0.15, 0.2) is 0 Å². The van der Waals surface area contributed by atoms with Crippen LogP contribution in [0.5, 0.6) is 0 Å². The highest BCUT2D eigenvalue weighted by Crippen LogP contribution is 2.22. The Bertz CT molecular complexity index is 468. The minimum Gasteiger partial charge on any atom is -0.338 e. The van der Waals surface area contributed by atoms with Crippen LogP contribution in [0.1, 0.15) is 32.4 Å². The zero-order chi connectivity index (χ0) is 11.5. The van der Waals surface area contributed by atoms with Gasteiger partial charge in [0.2, 0.25) is 0 Å². The third kappa shape index (κ3) is 2.25. The molecule has 1 nitrogen and oxygen atoms in total. The number of quaternary nitrogens is 1. The highest BCUT2D eigenvalue weighted by Gasteiger charge is 2.12. The lowest BCUT2D eigenvalue weighted by molar-refractivity contribution is -0.718. The molecule has 0 spiro atoms. The summed E-state index contributed by atoms with van der Waals surface area (Å²) >= 11 is 0. The Morgan fingerprint density at radius 3 is 2.31 bits per heavy atom. The first-order valence-electron chi connectivity index (χ1n) is 6.01. The van der Waals surface area contributed by atoms with Crippen LogP contribution in [0.3, 0.4) is 0 Å². The lowest BCUT2D eigenvalue weighted by Crippen LogP contribution is -2.88. The normalized spacial score (nSPS) is 13.2. The van der Waals surface area contributed by atoms with Gasteiger partial charge in [0.1, 0.15) is 6.04 Å². The Kier molecular flexibility index (Phi) is 3.25. The van der Waals surface area contributed by atoms with Crippen LogP contribution >= 0.6 is 0 Å². The number of hydrogen-bond donors (Lipinski definition) is 1. The molecule has 2 N–H and O–H groups in total. The molecule has 0 aliphatic carbocycles. The summed E-state index contributed by atoms with van der Waals surface area (Å²) in [4.78, 5) is 0. The van der Waals surface area contributed by atoms with E-state index in [2.05, 4.69) is 68.6 Å². The van der Waals surface area contributed by atoms with Gasteiger partial charge < -0.3 is 5.32 Å². The second kappa shape index (κ2) is 4.67. The van der Waals surface area contributed by atoms with Crippen LogP contribution in [0.25, 0.3) is 10.8 Å². The summed E-state index contributed by atoms with van der Waals surface area (Å²) in [7, 11) is 0. The fourth-order valence-electron chi connectivity index (χ4n) is 2.33. The molecule has 0 fully saturated rings. The fourth-order valence-corrected chi connectivity index (χ4v) is 2.33. The predicted octanol–water partition coefficient (Wildman–Crippen LogP) is 2.87. The van der Waals surface area contributed by atoms with Crippen molar-refractivity contribution in [1.82, 2.24) is 0 Å². The summed E-state index contributed by atoms with van der Waals surface area (Å²) in [6.45, 7) is 6.75. The number of fused-ring (bicyclic) bond motifs is 1. The van der Waals surface area contributed by atoms with E-state index in [1.165, 1.54) is 16.3 Å². The predicted molar refractivity (Wildman–Crippen MR) is 69.4 cm³/mol. The molecule has 84 valence electrons. The van der Waals surface area contributed by atoms with Crippen LogP contribution in [0.2, 0.25) is 0 Å². The van der Waals surface area contributed by atoms with E-state index >= 15 is 0 Å². The summed E-state index contributed by atoms with van der Waals surface area (Å²) in [6, 6.07) is 16.3. The van der Waals surface area contributed by atoms with E-state index in [9.17, 15) is 0 Å². The van der Waals surface area contributed by atoms with E-state index in [0.29, 0.717) is 12.1 Å². The summed E-state index contributed by atoms with van der Waals surface area (Å²) in [6.07, 6.45) is 0. The van der Waals surface area contributed by atoms with Crippen molar-refractivity contribution in [2.75, 3.05) is 0 Å². The van der Waals surface area contributed by atoms with E-state index < -0.39 is 0 Å². The van der Waals surface area contributed by atoms with Gasteiger partial charge in [-0.25, -0.2) is 0 Å². The Morgan fingerprint density at radius 2 is 1.56 bits per heavy atom. The Hall–Kier alpha value is -1.34. The maximum Gasteiger partial charge on any atom is 0.109 e. The van der Waals surface area contributed by atoms with Gasteiger partial charge >= 0.3 is 0 Å². The van der Waals surface area contributed by atoms with Crippen LogP contribution in [-0.2, 0) is 0 Å². The molecule has 0 saturated carbocycles. The molecule has 1 heteroatoms. The SMILES string of the molecule is CC(C)[NH2+]C(C)c1cccc2ccccc12. The van der Waals surface area contributed by atoms with Crippen LogP contribution in [-0.4, -0.2) is 6.04 Å². The monoisotopic (exact) mass is 214 g/mol. The van der Waals surface area contributed by atoms with E-state index in [4.69, 9.17) is 0 Å². The zero-order valence-corrected chi connectivity index (χ0v) is 10.3. The molecule has 0 amide bonds. The Labute approximate surface area is 97.5 Å². The van der Waals surface area contributed by atoms with Crippen molar-refractivity contribution >= 4 is 10.8 Å². The third-order valence-electron chi connectivity index (χ3n) is 2.99. The highest BCUT2D eigenvalue weighted by atomic mass is 14.9. The van der Waals surface area contributed by atoms with Crippen molar-refractivity contribution in [3.63, 3.8) is 0 Å². The summed E-state index contributed by atoms with van der Waals surface area (Å²) in [5.41, 5.74) is 1.44. The standard InChI is InChI=1S/C15H19N/c1-11(2)16-12(3)14-10-6-8-13-7-4-5-9-15(13)14/h4-12,16H,1-3H3/p+1. The molecule has 0 saturated heterocycles. The molecule has 0 aliphatic rings. The van der Waals surface area contributed by atoms with Crippen LogP contribution in [0, 0.1) is 0 Å². The average Bonchev–Trinajstić information content (AvgIpc) is 2.27. The van der Waals surface area contributed by atoms with Gasteiger partial charge in [-0.1, -0.05) is 42.5 Å². The van der Waals surface area contributed by atoms with E-state index in [0.717, 1.165) is 0 Å². The molecule has 0 aromatic heterocycles. The minimum atomic E-state index is 0.520. The van der Waals surface area contributed by atoms with Gasteiger partial charge in [-0.2, -0.15) is 0 Å². The van der Waals surface area contributed by atoms with Gasteiger partial charge in [0.25, 0.3) is 0 Å². The van der Waals surface area contributed by atoms with Crippen LogP contribution in [0.15, 0.2) is 42.5 Å². The molecular weight excluding hydrogens is 194 g/mol. The van der Waals surface area contributed by atoms with E-state index in [-0.39, 0.29) is 0 Å². The van der Waals surface area contributed by atoms with Gasteiger partial charge in [-0.05, 0) is 31.5 Å². The summed E-state index contributed by atoms with van der Waals surface area (Å²) in [5.74, 6) is 0. The highest BCUT2D eigenvalue weighted by molar-refractivity contribution is 5.85. The van der Waals surface area contributed by atoms with Gasteiger partial charge in [-0.3, -0.25) is 0 Å². The molecule has 0 bridgehead atoms. The molecular formula is C15H20N+. The first kappa shape index (κ1) is 11.2.